The van der Waals surface area contributed by atoms with Crippen molar-refractivity contribution < 1.29 is 9.32 Å². The first kappa shape index (κ1) is 21.2. The Hall–Kier alpha value is -4.31. The third kappa shape index (κ3) is 4.08. The molecule has 1 aliphatic carbocycles. The number of carbonyl (C=O) groups excluding carboxylic acids is 1. The van der Waals surface area contributed by atoms with Crippen LogP contribution in [-0.4, -0.2) is 30.8 Å². The maximum absolute atomic E-state index is 13.1. The fourth-order valence-corrected chi connectivity index (χ4v) is 4.85. The van der Waals surface area contributed by atoms with Gasteiger partial charge in [0.2, 0.25) is 5.95 Å². The summed E-state index contributed by atoms with van der Waals surface area (Å²) in [5.41, 5.74) is 2.94. The van der Waals surface area contributed by atoms with Crippen LogP contribution in [0.4, 0.5) is 5.82 Å². The van der Waals surface area contributed by atoms with E-state index >= 15 is 0 Å². The van der Waals surface area contributed by atoms with Crippen LogP contribution < -0.4 is 10.9 Å². The van der Waals surface area contributed by atoms with Crippen LogP contribution in [0.1, 0.15) is 34.6 Å². The molecule has 35 heavy (non-hydrogen) atoms. The SMILES string of the molecule is O=C(Nc1cc(-c2cccs2)nn1-c1nc2c(c(=O)[nH]1)CCCC2)c1cc(-c2ccccc2)on1. The minimum Gasteiger partial charge on any atom is -0.355 e. The van der Waals surface area contributed by atoms with Gasteiger partial charge in [-0.05, 0) is 37.1 Å². The van der Waals surface area contributed by atoms with E-state index in [1.54, 1.807) is 12.1 Å². The van der Waals surface area contributed by atoms with Gasteiger partial charge >= 0.3 is 0 Å². The molecule has 0 atom stereocenters. The van der Waals surface area contributed by atoms with Crippen LogP contribution in [0.2, 0.25) is 0 Å². The third-order valence-electron chi connectivity index (χ3n) is 5.91. The number of carbonyl (C=O) groups is 1. The summed E-state index contributed by atoms with van der Waals surface area (Å²) in [6, 6.07) is 16.6. The molecule has 0 fully saturated rings. The summed E-state index contributed by atoms with van der Waals surface area (Å²) in [6.07, 6.45) is 3.43. The van der Waals surface area contributed by atoms with Crippen LogP contribution >= 0.6 is 11.3 Å². The van der Waals surface area contributed by atoms with E-state index < -0.39 is 5.91 Å². The Balaban J connectivity index is 1.37. The predicted octanol–water partition coefficient (Wildman–Crippen LogP) is 4.47. The fraction of sp³-hybridized carbons (Fsp3) is 0.160. The van der Waals surface area contributed by atoms with Crippen LogP contribution in [0.3, 0.4) is 0 Å². The second-order valence-electron chi connectivity index (χ2n) is 8.22. The van der Waals surface area contributed by atoms with Crippen LogP contribution in [0.15, 0.2) is 69.3 Å². The number of benzene rings is 1. The zero-order chi connectivity index (χ0) is 23.8. The highest BCUT2D eigenvalue weighted by Gasteiger charge is 2.22. The second kappa shape index (κ2) is 8.80. The molecule has 4 heterocycles. The molecule has 0 saturated carbocycles. The van der Waals surface area contributed by atoms with E-state index in [2.05, 4.69) is 25.5 Å². The zero-order valence-electron chi connectivity index (χ0n) is 18.5. The standard InChI is InChI=1S/C25H20N6O3S/c32-23-16-9-4-5-10-17(16)26-25(28-23)31-22(14-18(29-31)21-11-6-12-35-21)27-24(33)19-13-20(34-30-19)15-7-2-1-3-8-15/h1-3,6-8,11-14H,4-5,9-10H2,(H,27,33)(H,26,28,32). The van der Waals surface area contributed by atoms with E-state index in [1.165, 1.54) is 16.0 Å². The van der Waals surface area contributed by atoms with Gasteiger partial charge < -0.3 is 9.84 Å². The van der Waals surface area contributed by atoms with Crippen LogP contribution in [-0.2, 0) is 12.8 Å². The molecule has 1 aromatic carbocycles. The van der Waals surface area contributed by atoms with E-state index in [0.29, 0.717) is 17.3 Å². The van der Waals surface area contributed by atoms with Gasteiger partial charge in [-0.1, -0.05) is 41.6 Å². The minimum absolute atomic E-state index is 0.126. The van der Waals surface area contributed by atoms with Gasteiger partial charge in [0.15, 0.2) is 11.5 Å². The van der Waals surface area contributed by atoms with Gasteiger partial charge in [-0.3, -0.25) is 14.6 Å². The Labute approximate surface area is 203 Å². The summed E-state index contributed by atoms with van der Waals surface area (Å²) in [6.45, 7) is 0. The molecular weight excluding hydrogens is 464 g/mol. The molecule has 2 N–H and O–H groups in total. The summed E-state index contributed by atoms with van der Waals surface area (Å²) < 4.78 is 6.83. The van der Waals surface area contributed by atoms with Gasteiger partial charge in [0, 0.05) is 23.3 Å². The van der Waals surface area contributed by atoms with E-state index in [9.17, 15) is 9.59 Å². The Morgan fingerprint density at radius 1 is 1.09 bits per heavy atom. The average Bonchev–Trinajstić information content (AvgIpc) is 3.65. The quantitative estimate of drug-likeness (QED) is 0.380. The molecule has 9 nitrogen and oxygen atoms in total. The lowest BCUT2D eigenvalue weighted by atomic mass is 9.97. The molecule has 0 spiro atoms. The monoisotopic (exact) mass is 484 g/mol. The molecule has 0 radical (unpaired) electrons. The van der Waals surface area contributed by atoms with Crippen molar-refractivity contribution in [2.75, 3.05) is 5.32 Å². The van der Waals surface area contributed by atoms with E-state index in [4.69, 9.17) is 4.52 Å². The number of nitrogens with one attached hydrogen (secondary N) is 2. The van der Waals surface area contributed by atoms with E-state index in [1.807, 2.05) is 47.8 Å². The number of nitrogens with zero attached hydrogens (tertiary/aromatic N) is 4. The van der Waals surface area contributed by atoms with Crippen molar-refractivity contribution in [1.29, 1.82) is 0 Å². The number of amides is 1. The van der Waals surface area contributed by atoms with Crippen molar-refractivity contribution >= 4 is 23.1 Å². The molecule has 5 aromatic rings. The first-order valence-corrected chi connectivity index (χ1v) is 12.1. The number of fused-ring (bicyclic) bond motifs is 1. The molecule has 1 amide bonds. The van der Waals surface area contributed by atoms with Crippen molar-refractivity contribution in [2.24, 2.45) is 0 Å². The smallest absolute Gasteiger partial charge is 0.279 e. The number of anilines is 1. The van der Waals surface area contributed by atoms with Gasteiger partial charge in [-0.2, -0.15) is 9.78 Å². The first-order chi connectivity index (χ1) is 17.2. The fourth-order valence-electron chi connectivity index (χ4n) is 4.17. The number of rotatable bonds is 5. The van der Waals surface area contributed by atoms with Gasteiger partial charge in [0.25, 0.3) is 11.5 Å². The number of hydrogen-bond donors (Lipinski definition) is 2. The van der Waals surface area contributed by atoms with Crippen molar-refractivity contribution in [3.05, 3.63) is 87.3 Å². The van der Waals surface area contributed by atoms with Crippen LogP contribution in [0.5, 0.6) is 0 Å². The number of H-pyrrole nitrogens is 1. The maximum Gasteiger partial charge on any atom is 0.279 e. The van der Waals surface area contributed by atoms with Gasteiger partial charge in [-0.15, -0.1) is 11.3 Å². The van der Waals surface area contributed by atoms with Gasteiger partial charge in [0.05, 0.1) is 10.6 Å². The summed E-state index contributed by atoms with van der Waals surface area (Å²) in [4.78, 5) is 34.3. The summed E-state index contributed by atoms with van der Waals surface area (Å²) in [5, 5.41) is 13.4. The van der Waals surface area contributed by atoms with Crippen molar-refractivity contribution in [3.8, 4) is 27.8 Å². The summed E-state index contributed by atoms with van der Waals surface area (Å²) in [7, 11) is 0. The normalized spacial score (nSPS) is 12.9. The van der Waals surface area contributed by atoms with Gasteiger partial charge in [0.1, 0.15) is 11.5 Å². The summed E-state index contributed by atoms with van der Waals surface area (Å²) in [5.74, 6) is 0.653. The summed E-state index contributed by atoms with van der Waals surface area (Å²) >= 11 is 1.53. The number of aromatic amines is 1. The maximum atomic E-state index is 13.1. The minimum atomic E-state index is -0.463. The van der Waals surface area contributed by atoms with Crippen molar-refractivity contribution in [1.82, 2.24) is 24.9 Å². The van der Waals surface area contributed by atoms with Crippen molar-refractivity contribution in [3.63, 3.8) is 0 Å². The first-order valence-electron chi connectivity index (χ1n) is 11.3. The topological polar surface area (TPSA) is 119 Å². The van der Waals surface area contributed by atoms with Gasteiger partial charge in [-0.25, -0.2) is 4.98 Å². The molecule has 0 bridgehead atoms. The molecular formula is C25H20N6O3S. The average molecular weight is 485 g/mol. The Morgan fingerprint density at radius 3 is 2.77 bits per heavy atom. The molecule has 0 aliphatic heterocycles. The highest BCUT2D eigenvalue weighted by Crippen LogP contribution is 2.28. The number of aromatic nitrogens is 5. The Kier molecular flexibility index (Phi) is 5.34. The highest BCUT2D eigenvalue weighted by molar-refractivity contribution is 7.13. The van der Waals surface area contributed by atoms with E-state index in [0.717, 1.165) is 47.4 Å². The Morgan fingerprint density at radius 2 is 1.94 bits per heavy atom. The molecule has 10 heteroatoms. The lowest BCUT2D eigenvalue weighted by Gasteiger charge is -2.15. The lowest BCUT2D eigenvalue weighted by molar-refractivity contribution is 0.101. The van der Waals surface area contributed by atoms with E-state index in [-0.39, 0.29) is 17.2 Å². The molecule has 0 unspecified atom stereocenters. The largest absolute Gasteiger partial charge is 0.355 e. The van der Waals surface area contributed by atoms with Crippen LogP contribution in [0, 0.1) is 0 Å². The lowest BCUT2D eigenvalue weighted by Crippen LogP contribution is -2.24. The Bertz CT molecular complexity index is 1570. The van der Waals surface area contributed by atoms with Crippen molar-refractivity contribution in [2.45, 2.75) is 25.7 Å². The molecule has 6 rings (SSSR count). The number of aryl methyl sites for hydroxylation is 1. The third-order valence-corrected chi connectivity index (χ3v) is 6.80. The highest BCUT2D eigenvalue weighted by atomic mass is 32.1. The molecule has 174 valence electrons. The number of thiophene rings is 1. The predicted molar refractivity (Wildman–Crippen MR) is 132 cm³/mol. The molecule has 4 aromatic heterocycles. The van der Waals surface area contributed by atoms with Crippen LogP contribution in [0.25, 0.3) is 27.8 Å². The number of hydrogen-bond acceptors (Lipinski definition) is 7. The zero-order valence-corrected chi connectivity index (χ0v) is 19.3. The molecule has 1 aliphatic rings. The molecule has 0 saturated heterocycles. The second-order valence-corrected chi connectivity index (χ2v) is 9.17.